The molecule has 0 fully saturated rings. The number of hydrogen-bond acceptors (Lipinski definition) is 6. The van der Waals surface area contributed by atoms with E-state index < -0.39 is 10.1 Å². The van der Waals surface area contributed by atoms with Crippen molar-refractivity contribution in [3.05, 3.63) is 46.9 Å². The molecule has 3 rings (SSSR count). The van der Waals surface area contributed by atoms with Gasteiger partial charge in [-0.2, -0.15) is 8.42 Å². The molecule has 0 bridgehead atoms. The van der Waals surface area contributed by atoms with E-state index in [1.807, 2.05) is 0 Å². The van der Waals surface area contributed by atoms with Crippen molar-refractivity contribution in [3.8, 4) is 22.8 Å². The Morgan fingerprint density at radius 1 is 1.22 bits per heavy atom. The highest BCUT2D eigenvalue weighted by Crippen LogP contribution is 2.33. The molecule has 0 atom stereocenters. The molecule has 0 amide bonds. The molecule has 3 aromatic rings. The quantitative estimate of drug-likeness (QED) is 0.715. The number of methoxy groups -OCH3 is 1. The molecule has 0 aliphatic rings. The molecular weight excluding hydrogens is 322 g/mol. The van der Waals surface area contributed by atoms with Gasteiger partial charge in [-0.05, 0) is 18.2 Å². The molecule has 0 saturated heterocycles. The second-order valence-electron chi connectivity index (χ2n) is 4.81. The van der Waals surface area contributed by atoms with Crippen molar-refractivity contribution < 1.29 is 17.3 Å². The van der Waals surface area contributed by atoms with Gasteiger partial charge in [-0.1, -0.05) is 0 Å². The van der Waals surface area contributed by atoms with Crippen LogP contribution < -0.4 is 14.5 Å². The lowest BCUT2D eigenvalue weighted by atomic mass is 10.1. The molecule has 0 unspecified atom stereocenters. The highest BCUT2D eigenvalue weighted by Gasteiger charge is 2.13. The molecular formula is C14H13N3O5S. The molecule has 0 aliphatic heterocycles. The molecule has 0 aliphatic carbocycles. The van der Waals surface area contributed by atoms with Crippen molar-refractivity contribution in [3.63, 3.8) is 0 Å². The summed E-state index contributed by atoms with van der Waals surface area (Å²) in [5, 5.41) is 2.61. The van der Waals surface area contributed by atoms with Crippen molar-refractivity contribution in [2.45, 2.75) is 0 Å². The molecule has 0 spiro atoms. The van der Waals surface area contributed by atoms with Gasteiger partial charge in [-0.15, -0.1) is 0 Å². The predicted molar refractivity (Wildman–Crippen MR) is 83.3 cm³/mol. The maximum absolute atomic E-state index is 11.3. The average molecular weight is 335 g/mol. The van der Waals surface area contributed by atoms with Gasteiger partial charge in [0, 0.05) is 17.7 Å². The van der Waals surface area contributed by atoms with Crippen molar-refractivity contribution in [1.82, 2.24) is 14.6 Å². The first-order valence-electron chi connectivity index (χ1n) is 6.52. The molecule has 120 valence electrons. The van der Waals surface area contributed by atoms with Crippen molar-refractivity contribution in [2.75, 3.05) is 13.4 Å². The van der Waals surface area contributed by atoms with Crippen LogP contribution in [-0.2, 0) is 10.1 Å². The third kappa shape index (κ3) is 3.19. The van der Waals surface area contributed by atoms with E-state index in [4.69, 9.17) is 8.92 Å². The highest BCUT2D eigenvalue weighted by atomic mass is 32.2. The van der Waals surface area contributed by atoms with Crippen LogP contribution in [0.5, 0.6) is 11.5 Å². The number of ether oxygens (including phenoxy) is 1. The van der Waals surface area contributed by atoms with E-state index >= 15 is 0 Å². The number of fused-ring (bicyclic) bond motifs is 1. The number of H-pyrrole nitrogens is 1. The van der Waals surface area contributed by atoms with Crippen LogP contribution in [0.25, 0.3) is 16.9 Å². The van der Waals surface area contributed by atoms with Crippen molar-refractivity contribution in [2.24, 2.45) is 0 Å². The summed E-state index contributed by atoms with van der Waals surface area (Å²) in [6.07, 6.45) is 2.61. The highest BCUT2D eigenvalue weighted by molar-refractivity contribution is 7.86. The Labute approximate surface area is 131 Å². The minimum Gasteiger partial charge on any atom is -0.496 e. The molecule has 1 N–H and O–H groups in total. The molecule has 0 radical (unpaired) electrons. The van der Waals surface area contributed by atoms with Crippen LogP contribution in [0.3, 0.4) is 0 Å². The number of hydrogen-bond donors (Lipinski definition) is 1. The fraction of sp³-hybridized carbons (Fsp3) is 0.143. The summed E-state index contributed by atoms with van der Waals surface area (Å²) in [6, 6.07) is 7.58. The Balaban J connectivity index is 2.08. The SMILES string of the molecule is COc1cc(OS(C)(=O)=O)ccc1-c1cn2[nH]c(=O)ccc2n1. The van der Waals surface area contributed by atoms with Gasteiger partial charge >= 0.3 is 10.1 Å². The summed E-state index contributed by atoms with van der Waals surface area (Å²) in [4.78, 5) is 15.7. The van der Waals surface area contributed by atoms with Gasteiger partial charge in [0.05, 0.1) is 25.3 Å². The van der Waals surface area contributed by atoms with Crippen LogP contribution in [0.1, 0.15) is 0 Å². The number of nitrogens with one attached hydrogen (secondary N) is 1. The summed E-state index contributed by atoms with van der Waals surface area (Å²) >= 11 is 0. The van der Waals surface area contributed by atoms with E-state index in [1.54, 1.807) is 18.3 Å². The minimum absolute atomic E-state index is 0.144. The molecule has 1 aromatic carbocycles. The van der Waals surface area contributed by atoms with Gasteiger partial charge in [-0.25, -0.2) is 9.50 Å². The van der Waals surface area contributed by atoms with Gasteiger partial charge in [0.25, 0.3) is 5.56 Å². The van der Waals surface area contributed by atoms with Gasteiger partial charge in [-0.3, -0.25) is 9.89 Å². The Kier molecular flexibility index (Phi) is 3.57. The van der Waals surface area contributed by atoms with Crippen molar-refractivity contribution in [1.29, 1.82) is 0 Å². The summed E-state index contributed by atoms with van der Waals surface area (Å²) in [5.41, 5.74) is 1.52. The minimum atomic E-state index is -3.62. The van der Waals surface area contributed by atoms with Gasteiger partial charge in [0.15, 0.2) is 5.65 Å². The standard InChI is InChI=1S/C14H13N3O5S/c1-21-12-7-9(22-23(2,19)20)3-4-10(12)11-8-17-13(15-11)5-6-14(18)16-17/h3-8H,1-2H3,(H,16,18). The third-order valence-electron chi connectivity index (χ3n) is 3.04. The van der Waals surface area contributed by atoms with Crippen LogP contribution in [0.4, 0.5) is 0 Å². The second kappa shape index (κ2) is 5.43. The number of aromatic amines is 1. The number of aromatic nitrogens is 3. The zero-order chi connectivity index (χ0) is 16.6. The smallest absolute Gasteiger partial charge is 0.306 e. The lowest BCUT2D eigenvalue weighted by Gasteiger charge is -2.09. The Morgan fingerprint density at radius 3 is 2.70 bits per heavy atom. The van der Waals surface area contributed by atoms with E-state index in [0.717, 1.165) is 6.26 Å². The first kappa shape index (κ1) is 15.1. The van der Waals surface area contributed by atoms with Gasteiger partial charge < -0.3 is 8.92 Å². The number of imidazole rings is 1. The molecule has 2 aromatic heterocycles. The third-order valence-corrected chi connectivity index (χ3v) is 3.54. The summed E-state index contributed by atoms with van der Waals surface area (Å²) in [7, 11) is -2.16. The maximum Gasteiger partial charge on any atom is 0.306 e. The van der Waals surface area contributed by atoms with E-state index in [9.17, 15) is 13.2 Å². The zero-order valence-electron chi connectivity index (χ0n) is 12.3. The van der Waals surface area contributed by atoms with Crippen LogP contribution in [0.2, 0.25) is 0 Å². The van der Waals surface area contributed by atoms with Gasteiger partial charge in [0.1, 0.15) is 11.5 Å². The fourth-order valence-electron chi connectivity index (χ4n) is 2.15. The monoisotopic (exact) mass is 335 g/mol. The first-order valence-corrected chi connectivity index (χ1v) is 8.34. The summed E-state index contributed by atoms with van der Waals surface area (Å²) in [5.74, 6) is 0.544. The second-order valence-corrected chi connectivity index (χ2v) is 6.39. The van der Waals surface area contributed by atoms with E-state index in [1.165, 1.54) is 29.8 Å². The maximum atomic E-state index is 11.3. The van der Waals surface area contributed by atoms with Crippen LogP contribution in [0, 0.1) is 0 Å². The van der Waals surface area contributed by atoms with Gasteiger partial charge in [0.2, 0.25) is 0 Å². The Morgan fingerprint density at radius 2 is 2.00 bits per heavy atom. The molecule has 0 saturated carbocycles. The molecule has 23 heavy (non-hydrogen) atoms. The van der Waals surface area contributed by atoms with Crippen molar-refractivity contribution >= 4 is 15.8 Å². The average Bonchev–Trinajstić information content (AvgIpc) is 2.88. The largest absolute Gasteiger partial charge is 0.496 e. The van der Waals surface area contributed by atoms with Crippen LogP contribution in [0.15, 0.2) is 41.3 Å². The number of benzene rings is 1. The molecule has 8 nitrogen and oxygen atoms in total. The van der Waals surface area contributed by atoms with E-state index in [0.29, 0.717) is 22.7 Å². The fourth-order valence-corrected chi connectivity index (χ4v) is 2.60. The topological polar surface area (TPSA) is 103 Å². The Bertz CT molecular complexity index is 1040. The lowest BCUT2D eigenvalue weighted by molar-refractivity contribution is 0.413. The first-order chi connectivity index (χ1) is 10.9. The number of nitrogens with zero attached hydrogens (tertiary/aromatic N) is 2. The predicted octanol–water partition coefficient (Wildman–Crippen LogP) is 1.04. The van der Waals surface area contributed by atoms with Crippen LogP contribution >= 0.6 is 0 Å². The molecule has 9 heteroatoms. The van der Waals surface area contributed by atoms with Crippen LogP contribution in [-0.4, -0.2) is 36.4 Å². The normalized spacial score (nSPS) is 11.6. The molecule has 2 heterocycles. The Hall–Kier alpha value is -2.81. The summed E-state index contributed by atoms with van der Waals surface area (Å²) in [6.45, 7) is 0. The van der Waals surface area contributed by atoms with E-state index in [2.05, 4.69) is 10.1 Å². The zero-order valence-corrected chi connectivity index (χ0v) is 13.1. The number of rotatable bonds is 4. The summed E-state index contributed by atoms with van der Waals surface area (Å²) < 4.78 is 34.0. The van der Waals surface area contributed by atoms with E-state index in [-0.39, 0.29) is 11.3 Å². The lowest BCUT2D eigenvalue weighted by Crippen LogP contribution is -2.07.